The van der Waals surface area contributed by atoms with Crippen molar-refractivity contribution in [1.82, 2.24) is 20.0 Å². The molecule has 0 unspecified atom stereocenters. The van der Waals surface area contributed by atoms with Crippen LogP contribution in [0.5, 0.6) is 0 Å². The molecule has 584 valence electrons. The Bertz CT molecular complexity index is 2860. The predicted octanol–water partition coefficient (Wildman–Crippen LogP) is 15.2. The van der Waals surface area contributed by atoms with Crippen LogP contribution in [-0.4, -0.2) is 167 Å². The van der Waals surface area contributed by atoms with Gasteiger partial charge in [-0.25, -0.2) is 57.3 Å². The van der Waals surface area contributed by atoms with Gasteiger partial charge in [-0.1, -0.05) is 0 Å². The predicted molar refractivity (Wildman–Crippen MR) is 381 cm³/mol. The number of aryl methyl sites for hydroxylation is 3. The lowest BCUT2D eigenvalue weighted by molar-refractivity contribution is -0.698. The summed E-state index contributed by atoms with van der Waals surface area (Å²) in [6.07, 6.45) is -5.64. The monoisotopic (exact) mass is 1450 g/mol. The molecule has 1 aromatic rings. The third-order valence-corrected chi connectivity index (χ3v) is 12.8. The van der Waals surface area contributed by atoms with Crippen molar-refractivity contribution in [1.29, 1.82) is 0 Å². The van der Waals surface area contributed by atoms with Gasteiger partial charge in [0, 0.05) is 17.5 Å². The number of amides is 7. The van der Waals surface area contributed by atoms with Gasteiger partial charge >= 0.3 is 66.5 Å². The van der Waals surface area contributed by atoms with E-state index in [4.69, 9.17) is 52.1 Å². The number of carbonyl (C=O) groups is 11. The maximum absolute atomic E-state index is 14.9. The quantitative estimate of drug-likeness (QED) is 0.0460. The van der Waals surface area contributed by atoms with E-state index in [0.717, 1.165) is 0 Å². The summed E-state index contributed by atoms with van der Waals surface area (Å²) in [7, 11) is 0. The second kappa shape index (κ2) is 35.8. The van der Waals surface area contributed by atoms with Crippen LogP contribution in [0.3, 0.4) is 0 Å². The molecule has 0 aliphatic carbocycles. The van der Waals surface area contributed by atoms with Crippen molar-refractivity contribution in [2.45, 2.75) is 385 Å². The van der Waals surface area contributed by atoms with Crippen LogP contribution in [0.15, 0.2) is 12.4 Å². The van der Waals surface area contributed by atoms with Crippen LogP contribution in [0, 0.1) is 0 Å². The Kier molecular flexibility index (Phi) is 32.5. The number of imide groups is 3. The molecule has 0 saturated heterocycles. The second-order valence-electron chi connectivity index (χ2n) is 36.4. The van der Waals surface area contributed by atoms with E-state index in [-0.39, 0.29) is 64.3 Å². The number of ether oxygens (including phenoxy) is 11. The number of rotatable bonds is 23. The summed E-state index contributed by atoms with van der Waals surface area (Å²) in [5.74, 6) is -3.73. The highest BCUT2D eigenvalue weighted by atomic mass is 16.6. The highest BCUT2D eigenvalue weighted by Crippen LogP contribution is 2.31. The molecular weight excluding hydrogens is 1320 g/mol. The van der Waals surface area contributed by atoms with Gasteiger partial charge in [0.2, 0.25) is 0 Å². The van der Waals surface area contributed by atoms with Gasteiger partial charge in [0.1, 0.15) is 92.3 Å². The Morgan fingerprint density at radius 2 is 0.549 bits per heavy atom. The van der Waals surface area contributed by atoms with E-state index >= 15 is 0 Å². The molecule has 27 nitrogen and oxygen atoms in total. The number of carbonyl (C=O) groups excluding carboxylic acids is 11. The van der Waals surface area contributed by atoms with Gasteiger partial charge in [-0.3, -0.25) is 0 Å². The Balaban J connectivity index is 5.06. The fraction of sp³-hybridized carbons (Fsp3) is 0.787. The highest BCUT2D eigenvalue weighted by molar-refractivity contribution is 5.96. The van der Waals surface area contributed by atoms with Crippen molar-refractivity contribution in [3.8, 4) is 0 Å². The molecule has 4 atom stereocenters. The molecule has 0 spiro atoms. The molecule has 0 bridgehead atoms. The zero-order valence-corrected chi connectivity index (χ0v) is 68.0. The average molecular weight is 1450 g/mol. The van der Waals surface area contributed by atoms with Crippen molar-refractivity contribution in [2.24, 2.45) is 0 Å². The highest BCUT2D eigenvalue weighted by Gasteiger charge is 2.46. The summed E-state index contributed by atoms with van der Waals surface area (Å²) >= 11 is 0. The van der Waals surface area contributed by atoms with E-state index < -0.39 is 152 Å². The van der Waals surface area contributed by atoms with Crippen LogP contribution in [-0.2, 0) is 97.1 Å². The number of nitrogens with one attached hydrogen (secondary N) is 1. The van der Waals surface area contributed by atoms with Crippen molar-refractivity contribution in [2.75, 3.05) is 0 Å². The number of esters is 4. The zero-order valence-electron chi connectivity index (χ0n) is 68.0. The summed E-state index contributed by atoms with van der Waals surface area (Å²) in [5, 5.41) is 2.66. The van der Waals surface area contributed by atoms with E-state index in [1.165, 1.54) is 0 Å². The van der Waals surface area contributed by atoms with Crippen LogP contribution in [0.2, 0.25) is 0 Å². The molecule has 7 amide bonds. The van der Waals surface area contributed by atoms with Crippen LogP contribution in [0.4, 0.5) is 33.6 Å². The summed E-state index contributed by atoms with van der Waals surface area (Å²) in [6.45, 7) is 53.2. The topological polar surface area (TPSA) is 315 Å². The Hall–Kier alpha value is -7.48. The number of hydrogen-bond acceptors (Lipinski definition) is 22. The lowest BCUT2D eigenvalue weighted by Crippen LogP contribution is -2.53. The van der Waals surface area contributed by atoms with Crippen molar-refractivity contribution in [3.05, 3.63) is 29.1 Å². The molecule has 0 aromatic carbocycles. The molecule has 1 aromatic heterocycles. The largest absolute Gasteiger partial charge is 0.458 e. The molecular formula is C75H128N5O22+. The number of alkyl carbamates (subject to hydrolysis) is 1. The number of hydrogen-bond donors (Lipinski definition) is 1. The van der Waals surface area contributed by atoms with E-state index in [1.807, 2.05) is 0 Å². The first kappa shape index (κ1) is 92.5. The van der Waals surface area contributed by atoms with Gasteiger partial charge < -0.3 is 57.4 Å². The summed E-state index contributed by atoms with van der Waals surface area (Å²) in [4.78, 5) is 160. The molecule has 1 rings (SSSR count). The van der Waals surface area contributed by atoms with Crippen molar-refractivity contribution in [3.63, 3.8) is 0 Å². The molecule has 0 radical (unpaired) electrons. The van der Waals surface area contributed by atoms with E-state index in [0.29, 0.717) is 37.8 Å². The fourth-order valence-corrected chi connectivity index (χ4v) is 9.47. The minimum atomic E-state index is -1.76. The van der Waals surface area contributed by atoms with E-state index in [9.17, 15) is 52.7 Å². The lowest BCUT2D eigenvalue weighted by atomic mass is 9.90. The number of unbranched alkanes of at least 4 members (excludes halogenated alkanes) is 1. The first-order chi connectivity index (χ1) is 45.4. The van der Waals surface area contributed by atoms with Crippen LogP contribution in [0.25, 0.3) is 0 Å². The SMILES string of the molecule is CC(C)(C)OC(=O)N[C@@H](CCCC[n+]1cc(CC[C@@H](C(=O)OC(C)(C)C)N(C(=O)OC(C)(C)C)C(=O)OC(C)(C)C)c(CCC[C@@H](C(=O)OC(C)(C)C)N(C(=O)OC(C)(C)C)C(=O)OC(C)(C)C)c(CC[C@@H](C(=O)OC(C)(C)C)N(C(=O)OC(C)(C)C)C(=O)OC(C)(C)C)c1)C(=O)OC(C)(C)C. The number of aromatic nitrogens is 1. The standard InChI is InChI=1S/C75H127N5O22/c1-65(2,3)92-54(81)50(76-58(85)96-69(13,14)15)38-34-35-44-77-45-47(40-42-52(56(83)94-67(7,8)9)79(61(88)99-72(22,23)24)62(89)100-73(25,26)27)49(37-36-39-51(55(82)93-66(4,5)6)78(59(86)97-70(16,17)18)60(87)98-71(19,20)21)48(46-77)41-43-53(57(84)95-68(10,11)12)80(63(90)101-74(28,29)30)64(91)102-75(31,32)33/h45-46,50-53H,34-44H2,1-33H3/p+1/t50-,51-,52-,53-/m0/s1. The molecule has 0 aliphatic rings. The molecule has 0 fully saturated rings. The molecule has 1 N–H and O–H groups in total. The third-order valence-electron chi connectivity index (χ3n) is 12.8. The maximum atomic E-state index is 14.9. The second-order valence-corrected chi connectivity index (χ2v) is 36.4. The zero-order chi connectivity index (χ0) is 79.9. The maximum Gasteiger partial charge on any atom is 0.420 e. The third kappa shape index (κ3) is 38.2. The molecule has 27 heteroatoms. The molecule has 0 aliphatic heterocycles. The van der Waals surface area contributed by atoms with Crippen LogP contribution >= 0.6 is 0 Å². The van der Waals surface area contributed by atoms with Crippen LogP contribution < -0.4 is 9.88 Å². The van der Waals surface area contributed by atoms with Crippen molar-refractivity contribution < 1.29 is 109 Å². The molecule has 0 saturated carbocycles. The average Bonchev–Trinajstić information content (AvgIpc) is 0.809. The molecule has 1 heterocycles. The summed E-state index contributed by atoms with van der Waals surface area (Å²) in [6, 6.07) is -6.39. The number of pyridine rings is 1. The van der Waals surface area contributed by atoms with Gasteiger partial charge in [-0.15, -0.1) is 0 Å². The molecule has 102 heavy (non-hydrogen) atoms. The minimum Gasteiger partial charge on any atom is -0.458 e. The van der Waals surface area contributed by atoms with Gasteiger partial charge in [-0.05, 0) is 292 Å². The smallest absolute Gasteiger partial charge is 0.420 e. The Morgan fingerprint density at radius 3 is 0.804 bits per heavy atom. The fourth-order valence-electron chi connectivity index (χ4n) is 9.47. The van der Waals surface area contributed by atoms with Gasteiger partial charge in [-0.2, -0.15) is 14.7 Å². The van der Waals surface area contributed by atoms with Gasteiger partial charge in [0.05, 0.1) is 0 Å². The Morgan fingerprint density at radius 1 is 0.304 bits per heavy atom. The van der Waals surface area contributed by atoms with E-state index in [2.05, 4.69) is 5.32 Å². The number of nitrogens with zero attached hydrogens (tertiary/aromatic N) is 4. The summed E-state index contributed by atoms with van der Waals surface area (Å²) in [5.41, 5.74) is -11.3. The van der Waals surface area contributed by atoms with Crippen LogP contribution in [0.1, 0.15) is 290 Å². The Labute approximate surface area is 607 Å². The van der Waals surface area contributed by atoms with Crippen molar-refractivity contribution >= 4 is 66.5 Å². The van der Waals surface area contributed by atoms with Gasteiger partial charge in [0.25, 0.3) is 0 Å². The minimum absolute atomic E-state index is 0.0624. The van der Waals surface area contributed by atoms with E-state index in [1.54, 1.807) is 245 Å². The lowest BCUT2D eigenvalue weighted by Gasteiger charge is -2.34. The normalized spacial score (nSPS) is 14.0. The first-order valence-electron chi connectivity index (χ1n) is 35.1. The first-order valence-corrected chi connectivity index (χ1v) is 35.1. The summed E-state index contributed by atoms with van der Waals surface area (Å²) < 4.78 is 65.7. The van der Waals surface area contributed by atoms with Gasteiger partial charge in [0.15, 0.2) is 12.4 Å².